The van der Waals surface area contributed by atoms with Crippen LogP contribution in [0.15, 0.2) is 0 Å². The van der Waals surface area contributed by atoms with Gasteiger partial charge in [0.2, 0.25) is 0 Å². The summed E-state index contributed by atoms with van der Waals surface area (Å²) in [5.41, 5.74) is 4.10. The minimum absolute atomic E-state index is 0.208. The number of aromatic nitrogens is 2. The number of aryl methyl sites for hydroxylation is 2. The van der Waals surface area contributed by atoms with E-state index in [2.05, 4.69) is 44.8 Å². The smallest absolute Gasteiger partial charge is 0.0662 e. The molecule has 2 heteroatoms. The molecule has 0 aliphatic rings. The zero-order valence-electron chi connectivity index (χ0n) is 10.1. The molecule has 1 aromatic heterocycles. The lowest BCUT2D eigenvalue weighted by Crippen LogP contribution is -2.14. The predicted molar refractivity (Wildman–Crippen MR) is 60.6 cm³/mol. The Morgan fingerprint density at radius 3 is 2.43 bits per heavy atom. The topological polar surface area (TPSA) is 28.7 Å². The fourth-order valence-corrected chi connectivity index (χ4v) is 2.00. The van der Waals surface area contributed by atoms with Crippen molar-refractivity contribution in [2.24, 2.45) is 0 Å². The summed E-state index contributed by atoms with van der Waals surface area (Å²) in [5.74, 6) is 0. The van der Waals surface area contributed by atoms with Crippen molar-refractivity contribution in [3.63, 3.8) is 0 Å². The van der Waals surface area contributed by atoms with Crippen LogP contribution < -0.4 is 0 Å². The van der Waals surface area contributed by atoms with E-state index >= 15 is 0 Å². The van der Waals surface area contributed by atoms with Crippen molar-refractivity contribution in [1.82, 2.24) is 10.2 Å². The van der Waals surface area contributed by atoms with Gasteiger partial charge in [0.1, 0.15) is 0 Å². The number of rotatable bonds is 3. The number of hydrogen-bond donors (Lipinski definition) is 1. The van der Waals surface area contributed by atoms with Crippen LogP contribution in [0.3, 0.4) is 0 Å². The number of nitrogens with zero attached hydrogens (tertiary/aromatic N) is 1. The minimum atomic E-state index is 0.208. The zero-order chi connectivity index (χ0) is 10.8. The standard InChI is InChI=1S/C12H22N2/c1-6-7-8-10-11(12(3,4)5)9(2)13-14-10/h6-8H2,1-5H3,(H,13,14). The van der Waals surface area contributed by atoms with Crippen molar-refractivity contribution < 1.29 is 0 Å². The Morgan fingerprint density at radius 1 is 1.29 bits per heavy atom. The van der Waals surface area contributed by atoms with E-state index < -0.39 is 0 Å². The molecule has 0 aliphatic carbocycles. The van der Waals surface area contributed by atoms with Gasteiger partial charge >= 0.3 is 0 Å². The third-order valence-electron chi connectivity index (χ3n) is 2.54. The van der Waals surface area contributed by atoms with Crippen molar-refractivity contribution in [2.45, 2.75) is 59.3 Å². The second-order valence-corrected chi connectivity index (χ2v) is 5.02. The summed E-state index contributed by atoms with van der Waals surface area (Å²) in [7, 11) is 0. The minimum Gasteiger partial charge on any atom is -0.282 e. The SMILES string of the molecule is CCCCc1n[nH]c(C)c1C(C)(C)C. The van der Waals surface area contributed by atoms with Gasteiger partial charge in [-0.25, -0.2) is 0 Å². The molecule has 0 unspecified atom stereocenters. The second-order valence-electron chi connectivity index (χ2n) is 5.02. The van der Waals surface area contributed by atoms with E-state index in [-0.39, 0.29) is 5.41 Å². The maximum Gasteiger partial charge on any atom is 0.0662 e. The van der Waals surface area contributed by atoms with Gasteiger partial charge in [0.25, 0.3) is 0 Å². The fraction of sp³-hybridized carbons (Fsp3) is 0.750. The molecule has 0 spiro atoms. The average molecular weight is 194 g/mol. The molecule has 0 saturated carbocycles. The van der Waals surface area contributed by atoms with Crippen LogP contribution in [0.1, 0.15) is 57.5 Å². The molecule has 1 N–H and O–H groups in total. The Kier molecular flexibility index (Phi) is 3.35. The number of nitrogens with one attached hydrogen (secondary N) is 1. The monoisotopic (exact) mass is 194 g/mol. The molecule has 0 radical (unpaired) electrons. The summed E-state index contributed by atoms with van der Waals surface area (Å²) >= 11 is 0. The van der Waals surface area contributed by atoms with E-state index in [1.807, 2.05) is 0 Å². The van der Waals surface area contributed by atoms with Crippen LogP contribution in [0, 0.1) is 6.92 Å². The van der Waals surface area contributed by atoms with Crippen molar-refractivity contribution in [1.29, 1.82) is 0 Å². The first-order valence-electron chi connectivity index (χ1n) is 5.51. The number of unbranched alkanes of at least 4 members (excludes halogenated alkanes) is 1. The van der Waals surface area contributed by atoms with Gasteiger partial charge in [-0.05, 0) is 25.2 Å². The Balaban J connectivity index is 2.95. The molecule has 80 valence electrons. The van der Waals surface area contributed by atoms with Gasteiger partial charge in [0.15, 0.2) is 0 Å². The highest BCUT2D eigenvalue weighted by atomic mass is 15.1. The van der Waals surface area contributed by atoms with Crippen molar-refractivity contribution in [2.75, 3.05) is 0 Å². The number of H-pyrrole nitrogens is 1. The Hall–Kier alpha value is -0.790. The van der Waals surface area contributed by atoms with E-state index in [1.165, 1.54) is 29.8 Å². The summed E-state index contributed by atoms with van der Waals surface area (Å²) in [6, 6.07) is 0. The average Bonchev–Trinajstić information content (AvgIpc) is 2.42. The summed E-state index contributed by atoms with van der Waals surface area (Å²) in [4.78, 5) is 0. The van der Waals surface area contributed by atoms with Gasteiger partial charge in [-0.2, -0.15) is 5.10 Å². The first-order valence-corrected chi connectivity index (χ1v) is 5.51. The van der Waals surface area contributed by atoms with Crippen LogP contribution in [0.2, 0.25) is 0 Å². The molecule has 0 bridgehead atoms. The lowest BCUT2D eigenvalue weighted by Gasteiger charge is -2.19. The third-order valence-corrected chi connectivity index (χ3v) is 2.54. The quantitative estimate of drug-likeness (QED) is 0.785. The molecule has 0 atom stereocenters. The molecule has 0 saturated heterocycles. The summed E-state index contributed by atoms with van der Waals surface area (Å²) in [6.07, 6.45) is 3.57. The normalized spacial score (nSPS) is 12.1. The van der Waals surface area contributed by atoms with Gasteiger partial charge in [0.05, 0.1) is 5.69 Å². The van der Waals surface area contributed by atoms with Gasteiger partial charge in [-0.3, -0.25) is 5.10 Å². The molecule has 1 aromatic rings. The van der Waals surface area contributed by atoms with Crippen molar-refractivity contribution in [3.8, 4) is 0 Å². The summed E-state index contributed by atoms with van der Waals surface area (Å²) in [6.45, 7) is 11.1. The Labute approximate surface area is 87.1 Å². The highest BCUT2D eigenvalue weighted by molar-refractivity contribution is 5.31. The van der Waals surface area contributed by atoms with Crippen molar-refractivity contribution >= 4 is 0 Å². The molecule has 0 amide bonds. The van der Waals surface area contributed by atoms with Crippen LogP contribution in [-0.2, 0) is 11.8 Å². The molecule has 2 nitrogen and oxygen atoms in total. The van der Waals surface area contributed by atoms with E-state index in [9.17, 15) is 0 Å². The highest BCUT2D eigenvalue weighted by Gasteiger charge is 2.22. The van der Waals surface area contributed by atoms with Crippen LogP contribution in [0.4, 0.5) is 0 Å². The third kappa shape index (κ3) is 2.37. The molecule has 1 rings (SSSR count). The molecule has 0 fully saturated rings. The fourth-order valence-electron chi connectivity index (χ4n) is 2.00. The lowest BCUT2D eigenvalue weighted by molar-refractivity contribution is 0.576. The molecule has 1 heterocycles. The molecule has 0 aliphatic heterocycles. The van der Waals surface area contributed by atoms with E-state index in [4.69, 9.17) is 0 Å². The lowest BCUT2D eigenvalue weighted by atomic mass is 9.84. The largest absolute Gasteiger partial charge is 0.282 e. The molecule has 14 heavy (non-hydrogen) atoms. The van der Waals surface area contributed by atoms with Gasteiger partial charge in [-0.15, -0.1) is 0 Å². The Morgan fingerprint density at radius 2 is 1.93 bits per heavy atom. The van der Waals surface area contributed by atoms with Gasteiger partial charge in [-0.1, -0.05) is 34.1 Å². The highest BCUT2D eigenvalue weighted by Crippen LogP contribution is 2.28. The number of hydrogen-bond acceptors (Lipinski definition) is 1. The first-order chi connectivity index (χ1) is 6.46. The number of aromatic amines is 1. The van der Waals surface area contributed by atoms with Gasteiger partial charge in [0, 0.05) is 11.3 Å². The van der Waals surface area contributed by atoms with Crippen LogP contribution >= 0.6 is 0 Å². The Bertz CT molecular complexity index is 292. The second kappa shape index (κ2) is 4.16. The molecule has 0 aromatic carbocycles. The first kappa shape index (κ1) is 11.3. The van der Waals surface area contributed by atoms with Crippen LogP contribution in [0.5, 0.6) is 0 Å². The van der Waals surface area contributed by atoms with Crippen LogP contribution in [0.25, 0.3) is 0 Å². The van der Waals surface area contributed by atoms with E-state index in [0.29, 0.717) is 0 Å². The summed E-state index contributed by atoms with van der Waals surface area (Å²) in [5, 5.41) is 7.50. The molecular weight excluding hydrogens is 172 g/mol. The van der Waals surface area contributed by atoms with E-state index in [1.54, 1.807) is 0 Å². The maximum atomic E-state index is 4.39. The van der Waals surface area contributed by atoms with Crippen molar-refractivity contribution in [3.05, 3.63) is 17.0 Å². The van der Waals surface area contributed by atoms with E-state index in [0.717, 1.165) is 6.42 Å². The van der Waals surface area contributed by atoms with Gasteiger partial charge < -0.3 is 0 Å². The summed E-state index contributed by atoms with van der Waals surface area (Å²) < 4.78 is 0. The molecular formula is C12H22N2. The zero-order valence-corrected chi connectivity index (χ0v) is 10.1. The predicted octanol–water partition coefficient (Wildman–Crippen LogP) is 3.36. The van der Waals surface area contributed by atoms with Crippen LogP contribution in [-0.4, -0.2) is 10.2 Å². The maximum absolute atomic E-state index is 4.39.